The first kappa shape index (κ1) is 22.3. The first-order valence-electron chi connectivity index (χ1n) is 11.1. The second-order valence-corrected chi connectivity index (χ2v) is 10.3. The lowest BCUT2D eigenvalue weighted by Crippen LogP contribution is -2.48. The molecule has 0 radical (unpaired) electrons. The lowest BCUT2D eigenvalue weighted by molar-refractivity contribution is -0.122. The van der Waals surface area contributed by atoms with Crippen molar-refractivity contribution in [3.63, 3.8) is 0 Å². The molecule has 164 valence electrons. The van der Waals surface area contributed by atoms with E-state index in [0.29, 0.717) is 24.7 Å². The molecule has 2 aliphatic carbocycles. The Hall–Kier alpha value is -1.40. The third-order valence-corrected chi connectivity index (χ3v) is 7.31. The number of Topliss-reactive ketones (excluding diaryl/α,β-unsaturated/α-hetero) is 1. The van der Waals surface area contributed by atoms with Gasteiger partial charge in [-0.15, -0.1) is 6.58 Å². The molecule has 1 aliphatic heterocycles. The van der Waals surface area contributed by atoms with Gasteiger partial charge in [0.2, 0.25) is 0 Å². The van der Waals surface area contributed by atoms with Crippen molar-refractivity contribution in [2.75, 3.05) is 20.2 Å². The third kappa shape index (κ3) is 4.24. The van der Waals surface area contributed by atoms with Gasteiger partial charge in [-0.25, -0.2) is 4.79 Å². The Morgan fingerprint density at radius 3 is 2.76 bits per heavy atom. The summed E-state index contributed by atoms with van der Waals surface area (Å²) in [5, 5.41) is 13.5. The fraction of sp³-hybridized carbons (Fsp3) is 0.826. The lowest BCUT2D eigenvalue weighted by Gasteiger charge is -2.46. The van der Waals surface area contributed by atoms with Gasteiger partial charge in [0.05, 0.1) is 0 Å². The molecule has 29 heavy (non-hydrogen) atoms. The fourth-order valence-electron chi connectivity index (χ4n) is 6.19. The number of allylic oxidation sites excluding steroid dienone is 1. The van der Waals surface area contributed by atoms with Crippen molar-refractivity contribution in [1.82, 2.24) is 10.2 Å². The predicted octanol–water partition coefficient (Wildman–Crippen LogP) is 3.14. The number of aliphatic hydroxyl groups excluding tert-OH is 1. The molecule has 1 heterocycles. The summed E-state index contributed by atoms with van der Waals surface area (Å²) < 4.78 is 5.45. The number of ketones is 1. The molecule has 3 rings (SSSR count). The minimum absolute atomic E-state index is 0.00382. The molecule has 3 fully saturated rings. The number of nitrogens with one attached hydrogen (secondary N) is 1. The molecule has 6 atom stereocenters. The van der Waals surface area contributed by atoms with Crippen molar-refractivity contribution in [1.29, 1.82) is 0 Å². The smallest absolute Gasteiger partial charge is 0.410 e. The van der Waals surface area contributed by atoms with Crippen LogP contribution in [0.1, 0.15) is 59.3 Å². The van der Waals surface area contributed by atoms with E-state index in [1.807, 2.05) is 26.8 Å². The summed E-state index contributed by atoms with van der Waals surface area (Å²) in [6.45, 7) is 10.2. The molecule has 1 amide bonds. The van der Waals surface area contributed by atoms with Crippen molar-refractivity contribution in [3.8, 4) is 0 Å². The zero-order valence-corrected chi connectivity index (χ0v) is 18.4. The number of carbonyl (C=O) groups excluding carboxylic acids is 2. The Bertz CT molecular complexity index is 643. The zero-order chi connectivity index (χ0) is 21.4. The van der Waals surface area contributed by atoms with Crippen LogP contribution in [0.25, 0.3) is 0 Å². The molecule has 0 spiro atoms. The normalized spacial score (nSPS) is 36.0. The molecular weight excluding hydrogens is 368 g/mol. The number of rotatable bonds is 7. The molecule has 2 N–H and O–H groups in total. The summed E-state index contributed by atoms with van der Waals surface area (Å²) in [4.78, 5) is 27.0. The average Bonchev–Trinajstić information content (AvgIpc) is 3.12. The highest BCUT2D eigenvalue weighted by Crippen LogP contribution is 2.62. The topological polar surface area (TPSA) is 78.9 Å². The Kier molecular flexibility index (Phi) is 6.44. The van der Waals surface area contributed by atoms with E-state index in [9.17, 15) is 14.7 Å². The van der Waals surface area contributed by atoms with Gasteiger partial charge in [0.25, 0.3) is 0 Å². The molecule has 1 saturated heterocycles. The van der Waals surface area contributed by atoms with Crippen LogP contribution in [0.4, 0.5) is 4.79 Å². The standard InChI is InChI=1S/C23H38N2O4/c1-6-7-9-23-16-11-15(14-26)12-19(23)24-17(20(23)18(27)13-16)8-10-25(5)21(28)29-22(2,3)4/h6,15-17,19-20,24,26H,1,7-14H2,2-5H3/t15-,16-,17?,19-,20?,23?/m0/s1. The Balaban J connectivity index is 1.74. The quantitative estimate of drug-likeness (QED) is 0.635. The molecule has 0 aromatic carbocycles. The molecular formula is C23H38N2O4. The van der Waals surface area contributed by atoms with Gasteiger partial charge >= 0.3 is 6.09 Å². The van der Waals surface area contributed by atoms with Gasteiger partial charge in [0.15, 0.2) is 0 Å². The first-order chi connectivity index (χ1) is 13.6. The second kappa shape index (κ2) is 8.38. The van der Waals surface area contributed by atoms with Gasteiger partial charge in [-0.3, -0.25) is 4.79 Å². The van der Waals surface area contributed by atoms with Crippen molar-refractivity contribution in [2.45, 2.75) is 77.0 Å². The highest BCUT2D eigenvalue weighted by Gasteiger charge is 2.66. The number of ether oxygens (including phenoxy) is 1. The van der Waals surface area contributed by atoms with Crippen LogP contribution < -0.4 is 5.32 Å². The molecule has 2 saturated carbocycles. The van der Waals surface area contributed by atoms with Crippen LogP contribution in [-0.4, -0.2) is 59.8 Å². The van der Waals surface area contributed by atoms with E-state index in [1.165, 1.54) is 0 Å². The van der Waals surface area contributed by atoms with E-state index < -0.39 is 5.60 Å². The van der Waals surface area contributed by atoms with Crippen LogP contribution in [0, 0.1) is 23.2 Å². The van der Waals surface area contributed by atoms with E-state index in [1.54, 1.807) is 11.9 Å². The van der Waals surface area contributed by atoms with Gasteiger partial charge in [-0.05, 0) is 64.7 Å². The predicted molar refractivity (Wildman–Crippen MR) is 112 cm³/mol. The van der Waals surface area contributed by atoms with E-state index >= 15 is 0 Å². The monoisotopic (exact) mass is 406 g/mol. The summed E-state index contributed by atoms with van der Waals surface area (Å²) in [5.74, 6) is 0.975. The van der Waals surface area contributed by atoms with E-state index in [4.69, 9.17) is 4.74 Å². The van der Waals surface area contributed by atoms with E-state index in [-0.39, 0.29) is 42.0 Å². The molecule has 3 aliphatic rings. The average molecular weight is 407 g/mol. The fourth-order valence-corrected chi connectivity index (χ4v) is 6.19. The van der Waals surface area contributed by atoms with Crippen LogP contribution in [-0.2, 0) is 9.53 Å². The van der Waals surface area contributed by atoms with Crippen molar-refractivity contribution >= 4 is 11.9 Å². The van der Waals surface area contributed by atoms with Crippen molar-refractivity contribution in [2.24, 2.45) is 23.2 Å². The number of aliphatic hydroxyl groups is 1. The van der Waals surface area contributed by atoms with Crippen LogP contribution in [0.2, 0.25) is 0 Å². The molecule has 6 nitrogen and oxygen atoms in total. The Labute approximate surface area is 175 Å². The number of nitrogens with zero attached hydrogens (tertiary/aromatic N) is 1. The maximum atomic E-state index is 13.1. The van der Waals surface area contributed by atoms with E-state index in [0.717, 1.165) is 32.1 Å². The number of hydrogen-bond acceptors (Lipinski definition) is 5. The summed E-state index contributed by atoms with van der Waals surface area (Å²) in [7, 11) is 1.75. The van der Waals surface area contributed by atoms with Gasteiger partial charge in [0.1, 0.15) is 11.4 Å². The lowest BCUT2D eigenvalue weighted by atomic mass is 9.58. The van der Waals surface area contributed by atoms with Gasteiger partial charge in [0, 0.05) is 50.0 Å². The maximum absolute atomic E-state index is 13.1. The minimum Gasteiger partial charge on any atom is -0.444 e. The Morgan fingerprint density at radius 1 is 1.41 bits per heavy atom. The highest BCUT2D eigenvalue weighted by atomic mass is 16.6. The number of amides is 1. The summed E-state index contributed by atoms with van der Waals surface area (Å²) >= 11 is 0. The molecule has 0 aromatic rings. The number of carbonyl (C=O) groups is 2. The van der Waals surface area contributed by atoms with Gasteiger partial charge in [-0.1, -0.05) is 6.08 Å². The summed E-state index contributed by atoms with van der Waals surface area (Å²) in [5.41, 5.74) is -0.541. The molecule has 3 unspecified atom stereocenters. The van der Waals surface area contributed by atoms with Gasteiger partial charge in [-0.2, -0.15) is 0 Å². The van der Waals surface area contributed by atoms with E-state index in [2.05, 4.69) is 11.9 Å². The molecule has 0 aromatic heterocycles. The molecule has 6 heteroatoms. The second-order valence-electron chi connectivity index (χ2n) is 10.3. The van der Waals surface area contributed by atoms with Gasteiger partial charge < -0.3 is 20.1 Å². The number of hydrogen-bond donors (Lipinski definition) is 2. The summed E-state index contributed by atoms with van der Waals surface area (Å²) in [6, 6.07) is 0.330. The zero-order valence-electron chi connectivity index (χ0n) is 18.4. The summed E-state index contributed by atoms with van der Waals surface area (Å²) in [6.07, 6.45) is 6.75. The highest BCUT2D eigenvalue weighted by molar-refractivity contribution is 5.86. The largest absolute Gasteiger partial charge is 0.444 e. The van der Waals surface area contributed by atoms with Crippen molar-refractivity contribution in [3.05, 3.63) is 12.7 Å². The first-order valence-corrected chi connectivity index (χ1v) is 11.1. The maximum Gasteiger partial charge on any atom is 0.410 e. The SMILES string of the molecule is C=CCCC12C3C(=O)C[C@@H]1C[C@H](CO)C[C@@H]2NC3CCN(C)C(=O)OC(C)(C)C. The minimum atomic E-state index is -0.519. The Morgan fingerprint density at radius 2 is 2.14 bits per heavy atom. The third-order valence-electron chi connectivity index (χ3n) is 7.31. The van der Waals surface area contributed by atoms with Crippen LogP contribution in [0.5, 0.6) is 0 Å². The van der Waals surface area contributed by atoms with Crippen molar-refractivity contribution < 1.29 is 19.4 Å². The molecule has 0 bridgehead atoms. The van der Waals surface area contributed by atoms with Crippen LogP contribution >= 0.6 is 0 Å². The van der Waals surface area contributed by atoms with Crippen LogP contribution in [0.3, 0.4) is 0 Å². The van der Waals surface area contributed by atoms with Crippen LogP contribution in [0.15, 0.2) is 12.7 Å².